The smallest absolute Gasteiger partial charge is 0.000651 e. The van der Waals surface area contributed by atoms with E-state index in [4.69, 9.17) is 0 Å². The van der Waals surface area contributed by atoms with Gasteiger partial charge in [-0.25, -0.2) is 0 Å². The Kier molecular flexibility index (Phi) is 9.02. The molecule has 0 N–H and O–H groups in total. The van der Waals surface area contributed by atoms with Crippen LogP contribution in [-0.4, -0.2) is 25.0 Å². The third-order valence-electron chi connectivity index (χ3n) is 4.00. The highest BCUT2D eigenvalue weighted by molar-refractivity contribution is 4.65. The summed E-state index contributed by atoms with van der Waals surface area (Å²) in [5, 5.41) is 0. The summed E-state index contributed by atoms with van der Waals surface area (Å²) in [7, 11) is 2.28. The normalized spacial score (nSPS) is 17.4. The van der Waals surface area contributed by atoms with Crippen LogP contribution in [0, 0.1) is 17.8 Å². The molecule has 1 heteroatoms. The first-order valence-corrected chi connectivity index (χ1v) is 7.19. The molecule has 0 aliphatic heterocycles. The average molecular weight is 227 g/mol. The van der Waals surface area contributed by atoms with Crippen LogP contribution in [-0.2, 0) is 0 Å². The van der Waals surface area contributed by atoms with Gasteiger partial charge in [0.25, 0.3) is 0 Å². The maximum absolute atomic E-state index is 2.52. The van der Waals surface area contributed by atoms with Crippen molar-refractivity contribution in [3.05, 3.63) is 0 Å². The highest BCUT2D eigenvalue weighted by atomic mass is 15.1. The zero-order chi connectivity index (χ0) is 12.6. The topological polar surface area (TPSA) is 3.24 Å². The molecule has 0 amide bonds. The highest BCUT2D eigenvalue weighted by Crippen LogP contribution is 2.16. The van der Waals surface area contributed by atoms with Gasteiger partial charge < -0.3 is 4.90 Å². The van der Waals surface area contributed by atoms with Gasteiger partial charge in [-0.1, -0.05) is 53.9 Å². The first kappa shape index (κ1) is 16.0. The Balaban J connectivity index is 3.68. The summed E-state index contributed by atoms with van der Waals surface area (Å²) in [6, 6.07) is 0. The molecule has 3 unspecified atom stereocenters. The third-order valence-corrected chi connectivity index (χ3v) is 4.00. The monoisotopic (exact) mass is 227 g/mol. The molecule has 0 aromatic carbocycles. The van der Waals surface area contributed by atoms with Gasteiger partial charge >= 0.3 is 0 Å². The fraction of sp³-hybridized carbons (Fsp3) is 1.00. The molecule has 0 aromatic heterocycles. The Bertz CT molecular complexity index is 156. The number of hydrogen-bond donors (Lipinski definition) is 0. The van der Waals surface area contributed by atoms with Crippen LogP contribution in [0.1, 0.15) is 60.3 Å². The van der Waals surface area contributed by atoms with E-state index in [1.54, 1.807) is 0 Å². The predicted octanol–water partition coefficient (Wildman–Crippen LogP) is 4.43. The SMILES string of the molecule is CCCC(C)CCN(C)CC(C)C(C)CC. The van der Waals surface area contributed by atoms with E-state index in [0.29, 0.717) is 0 Å². The first-order chi connectivity index (χ1) is 7.51. The molecular weight excluding hydrogens is 194 g/mol. The molecule has 0 radical (unpaired) electrons. The minimum atomic E-state index is 0.830. The van der Waals surface area contributed by atoms with Crippen molar-refractivity contribution in [1.29, 1.82) is 0 Å². The van der Waals surface area contributed by atoms with Gasteiger partial charge in [0.1, 0.15) is 0 Å². The molecule has 0 aromatic rings. The maximum atomic E-state index is 2.52. The van der Waals surface area contributed by atoms with E-state index in [2.05, 4.69) is 46.6 Å². The van der Waals surface area contributed by atoms with Crippen molar-refractivity contribution in [2.45, 2.75) is 60.3 Å². The van der Waals surface area contributed by atoms with Gasteiger partial charge in [0.15, 0.2) is 0 Å². The molecule has 0 aliphatic carbocycles. The molecule has 0 rings (SSSR count). The molecule has 0 heterocycles. The summed E-state index contributed by atoms with van der Waals surface area (Å²) in [5.41, 5.74) is 0. The van der Waals surface area contributed by atoms with Crippen molar-refractivity contribution in [1.82, 2.24) is 4.90 Å². The lowest BCUT2D eigenvalue weighted by Gasteiger charge is -2.26. The second-order valence-corrected chi connectivity index (χ2v) is 5.81. The quantitative estimate of drug-likeness (QED) is 0.563. The zero-order valence-electron chi connectivity index (χ0n) is 12.4. The molecule has 3 atom stereocenters. The molecular formula is C15H33N. The lowest BCUT2D eigenvalue weighted by Crippen LogP contribution is -2.29. The van der Waals surface area contributed by atoms with Crippen LogP contribution in [0.3, 0.4) is 0 Å². The molecule has 1 nitrogen and oxygen atoms in total. The van der Waals surface area contributed by atoms with Gasteiger partial charge in [-0.05, 0) is 37.8 Å². The van der Waals surface area contributed by atoms with Gasteiger partial charge in [-0.2, -0.15) is 0 Å². The van der Waals surface area contributed by atoms with Crippen molar-refractivity contribution in [3.63, 3.8) is 0 Å². The number of rotatable bonds is 9. The average Bonchev–Trinajstić information content (AvgIpc) is 2.25. The highest BCUT2D eigenvalue weighted by Gasteiger charge is 2.13. The predicted molar refractivity (Wildman–Crippen MR) is 74.8 cm³/mol. The van der Waals surface area contributed by atoms with E-state index < -0.39 is 0 Å². The van der Waals surface area contributed by atoms with Crippen molar-refractivity contribution in [2.24, 2.45) is 17.8 Å². The Morgan fingerprint density at radius 3 is 2.06 bits per heavy atom. The standard InChI is InChI=1S/C15H33N/c1-7-9-13(3)10-11-16(6)12-15(5)14(4)8-2/h13-15H,7-12H2,1-6H3. The summed E-state index contributed by atoms with van der Waals surface area (Å²) < 4.78 is 0. The van der Waals surface area contributed by atoms with Gasteiger partial charge in [0.2, 0.25) is 0 Å². The summed E-state index contributed by atoms with van der Waals surface area (Å²) >= 11 is 0. The van der Waals surface area contributed by atoms with Crippen molar-refractivity contribution in [2.75, 3.05) is 20.1 Å². The summed E-state index contributed by atoms with van der Waals surface area (Å²) in [5.74, 6) is 2.58. The largest absolute Gasteiger partial charge is 0.306 e. The van der Waals surface area contributed by atoms with Crippen LogP contribution >= 0.6 is 0 Å². The second-order valence-electron chi connectivity index (χ2n) is 5.81. The third kappa shape index (κ3) is 7.27. The molecule has 0 saturated heterocycles. The zero-order valence-corrected chi connectivity index (χ0v) is 12.4. The second kappa shape index (κ2) is 9.04. The van der Waals surface area contributed by atoms with Crippen molar-refractivity contribution >= 4 is 0 Å². The van der Waals surface area contributed by atoms with Crippen LogP contribution in [0.2, 0.25) is 0 Å². The Labute approximate surface area is 104 Å². The molecule has 0 bridgehead atoms. The molecule has 0 fully saturated rings. The maximum Gasteiger partial charge on any atom is 0.000651 e. The van der Waals surface area contributed by atoms with Gasteiger partial charge in [0.05, 0.1) is 0 Å². The van der Waals surface area contributed by atoms with E-state index in [-0.39, 0.29) is 0 Å². The van der Waals surface area contributed by atoms with Crippen LogP contribution in [0.25, 0.3) is 0 Å². The first-order valence-electron chi connectivity index (χ1n) is 7.19. The Morgan fingerprint density at radius 2 is 1.56 bits per heavy atom. The number of nitrogens with zero attached hydrogens (tertiary/aromatic N) is 1. The Hall–Kier alpha value is -0.0400. The lowest BCUT2D eigenvalue weighted by atomic mass is 9.93. The fourth-order valence-corrected chi connectivity index (χ4v) is 2.24. The van der Waals surface area contributed by atoms with Crippen LogP contribution in [0.4, 0.5) is 0 Å². The molecule has 0 aliphatic rings. The van der Waals surface area contributed by atoms with E-state index in [0.717, 1.165) is 17.8 Å². The van der Waals surface area contributed by atoms with E-state index in [9.17, 15) is 0 Å². The van der Waals surface area contributed by atoms with E-state index in [1.165, 1.54) is 38.8 Å². The van der Waals surface area contributed by atoms with E-state index >= 15 is 0 Å². The molecule has 0 saturated carbocycles. The summed E-state index contributed by atoms with van der Waals surface area (Å²) in [6.45, 7) is 14.2. The van der Waals surface area contributed by atoms with Gasteiger partial charge in [0, 0.05) is 6.54 Å². The van der Waals surface area contributed by atoms with Crippen LogP contribution < -0.4 is 0 Å². The fourth-order valence-electron chi connectivity index (χ4n) is 2.24. The van der Waals surface area contributed by atoms with Gasteiger partial charge in [-0.15, -0.1) is 0 Å². The minimum absolute atomic E-state index is 0.830. The summed E-state index contributed by atoms with van der Waals surface area (Å²) in [6.07, 6.45) is 5.38. The van der Waals surface area contributed by atoms with E-state index in [1.807, 2.05) is 0 Å². The molecule has 0 spiro atoms. The molecule has 16 heavy (non-hydrogen) atoms. The number of hydrogen-bond acceptors (Lipinski definition) is 1. The van der Waals surface area contributed by atoms with Crippen molar-refractivity contribution < 1.29 is 0 Å². The molecule has 98 valence electrons. The van der Waals surface area contributed by atoms with Gasteiger partial charge in [-0.3, -0.25) is 0 Å². The Morgan fingerprint density at radius 1 is 0.938 bits per heavy atom. The van der Waals surface area contributed by atoms with Crippen molar-refractivity contribution in [3.8, 4) is 0 Å². The van der Waals surface area contributed by atoms with Crippen LogP contribution in [0.5, 0.6) is 0 Å². The lowest BCUT2D eigenvalue weighted by molar-refractivity contribution is 0.225. The van der Waals surface area contributed by atoms with Crippen LogP contribution in [0.15, 0.2) is 0 Å². The minimum Gasteiger partial charge on any atom is -0.306 e. The summed E-state index contributed by atoms with van der Waals surface area (Å²) in [4.78, 5) is 2.52.